The molecule has 1 aromatic rings. The van der Waals surface area contributed by atoms with Gasteiger partial charge in [-0.05, 0) is 36.5 Å². The summed E-state index contributed by atoms with van der Waals surface area (Å²) in [6, 6.07) is 8.28. The van der Waals surface area contributed by atoms with Crippen LogP contribution in [0, 0.1) is 5.92 Å². The molecule has 0 aliphatic heterocycles. The average molecular weight is 251 g/mol. The molecule has 0 radical (unpaired) electrons. The molecule has 0 bridgehead atoms. The van der Waals surface area contributed by atoms with E-state index in [-0.39, 0.29) is 0 Å². The highest BCUT2D eigenvalue weighted by Gasteiger charge is 2.05. The van der Waals surface area contributed by atoms with Crippen LogP contribution < -0.4 is 10.5 Å². The Labute approximate surface area is 109 Å². The minimum absolute atomic E-state index is 0.495. The van der Waals surface area contributed by atoms with Gasteiger partial charge >= 0.3 is 0 Å². The van der Waals surface area contributed by atoms with Crippen molar-refractivity contribution in [1.82, 2.24) is 0 Å². The zero-order valence-electron chi connectivity index (χ0n) is 10.6. The highest BCUT2D eigenvalue weighted by molar-refractivity contribution is 7.80. The van der Waals surface area contributed by atoms with Gasteiger partial charge in [-0.2, -0.15) is 0 Å². The molecule has 2 nitrogen and oxygen atoms in total. The fourth-order valence-corrected chi connectivity index (χ4v) is 2.04. The van der Waals surface area contributed by atoms with E-state index in [1.165, 1.54) is 5.56 Å². The first kappa shape index (κ1) is 14.0. The molecule has 0 saturated carbocycles. The van der Waals surface area contributed by atoms with Crippen molar-refractivity contribution in [3.63, 3.8) is 0 Å². The van der Waals surface area contributed by atoms with Gasteiger partial charge in [0, 0.05) is 6.42 Å². The first-order valence-corrected chi connectivity index (χ1v) is 6.52. The first-order valence-electron chi connectivity index (χ1n) is 6.12. The second-order valence-corrected chi connectivity index (χ2v) is 5.00. The predicted molar refractivity (Wildman–Crippen MR) is 76.5 cm³/mol. The summed E-state index contributed by atoms with van der Waals surface area (Å²) in [5, 5.41) is 0. The fourth-order valence-electron chi connectivity index (χ4n) is 1.76. The van der Waals surface area contributed by atoms with E-state index in [1.54, 1.807) is 0 Å². The molecular weight excluding hydrogens is 230 g/mol. The van der Waals surface area contributed by atoms with Crippen LogP contribution in [0.25, 0.3) is 0 Å². The maximum Gasteiger partial charge on any atom is 0.119 e. The van der Waals surface area contributed by atoms with Crippen molar-refractivity contribution >= 4 is 17.2 Å². The van der Waals surface area contributed by atoms with E-state index in [0.717, 1.165) is 31.6 Å². The van der Waals surface area contributed by atoms with Crippen LogP contribution in [-0.2, 0) is 6.42 Å². The standard InChI is InChI=1S/C14H21NOS/c1-3-8-16-13-6-4-12(5-7-13)9-11(2)10-14(15)17/h4-7,11H,3,8-10H2,1-2H3,(H2,15,17). The number of nitrogens with two attached hydrogens (primary N) is 1. The van der Waals surface area contributed by atoms with E-state index in [1.807, 2.05) is 12.1 Å². The predicted octanol–water partition coefficient (Wildman–Crippen LogP) is 3.33. The third-order valence-corrected chi connectivity index (χ3v) is 2.70. The molecule has 17 heavy (non-hydrogen) atoms. The van der Waals surface area contributed by atoms with Gasteiger partial charge in [0.15, 0.2) is 0 Å². The Morgan fingerprint density at radius 1 is 1.35 bits per heavy atom. The third-order valence-electron chi connectivity index (χ3n) is 2.53. The van der Waals surface area contributed by atoms with Crippen molar-refractivity contribution in [3.8, 4) is 5.75 Å². The Morgan fingerprint density at radius 3 is 2.53 bits per heavy atom. The molecule has 3 heteroatoms. The monoisotopic (exact) mass is 251 g/mol. The van der Waals surface area contributed by atoms with Crippen LogP contribution in [0.5, 0.6) is 5.75 Å². The lowest BCUT2D eigenvalue weighted by Gasteiger charge is -2.11. The molecular formula is C14H21NOS. The van der Waals surface area contributed by atoms with Crippen LogP contribution in [0.2, 0.25) is 0 Å². The zero-order chi connectivity index (χ0) is 12.7. The van der Waals surface area contributed by atoms with Crippen molar-refractivity contribution in [2.75, 3.05) is 6.61 Å². The molecule has 0 saturated heterocycles. The number of thiocarbonyl (C=S) groups is 1. The summed E-state index contributed by atoms with van der Waals surface area (Å²) >= 11 is 4.91. The number of ether oxygens (including phenoxy) is 1. The normalized spacial score (nSPS) is 12.1. The molecule has 1 unspecified atom stereocenters. The fraction of sp³-hybridized carbons (Fsp3) is 0.500. The van der Waals surface area contributed by atoms with Crippen LogP contribution >= 0.6 is 12.2 Å². The molecule has 2 N–H and O–H groups in total. The van der Waals surface area contributed by atoms with Gasteiger partial charge in [-0.25, -0.2) is 0 Å². The Morgan fingerprint density at radius 2 is 2.00 bits per heavy atom. The van der Waals surface area contributed by atoms with Crippen LogP contribution in [0.4, 0.5) is 0 Å². The zero-order valence-corrected chi connectivity index (χ0v) is 11.4. The smallest absolute Gasteiger partial charge is 0.119 e. The van der Waals surface area contributed by atoms with Gasteiger partial charge in [-0.3, -0.25) is 0 Å². The summed E-state index contributed by atoms with van der Waals surface area (Å²) in [6.07, 6.45) is 2.85. The lowest BCUT2D eigenvalue weighted by atomic mass is 9.98. The molecule has 0 heterocycles. The van der Waals surface area contributed by atoms with Crippen molar-refractivity contribution < 1.29 is 4.74 Å². The van der Waals surface area contributed by atoms with Crippen LogP contribution in [0.1, 0.15) is 32.3 Å². The van der Waals surface area contributed by atoms with Gasteiger partial charge < -0.3 is 10.5 Å². The summed E-state index contributed by atoms with van der Waals surface area (Å²) in [6.45, 7) is 5.05. The lowest BCUT2D eigenvalue weighted by molar-refractivity contribution is 0.317. The third kappa shape index (κ3) is 5.68. The van der Waals surface area contributed by atoms with Gasteiger partial charge in [-0.1, -0.05) is 38.2 Å². The molecule has 0 aromatic heterocycles. The van der Waals surface area contributed by atoms with E-state index >= 15 is 0 Å². The van der Waals surface area contributed by atoms with Crippen LogP contribution in [0.15, 0.2) is 24.3 Å². The van der Waals surface area contributed by atoms with Crippen molar-refractivity contribution in [2.24, 2.45) is 11.7 Å². The average Bonchev–Trinajstić information content (AvgIpc) is 2.27. The molecule has 1 atom stereocenters. The number of rotatable bonds is 7. The highest BCUT2D eigenvalue weighted by atomic mass is 32.1. The largest absolute Gasteiger partial charge is 0.494 e. The van der Waals surface area contributed by atoms with Crippen molar-refractivity contribution in [2.45, 2.75) is 33.1 Å². The maximum absolute atomic E-state index is 5.54. The van der Waals surface area contributed by atoms with Crippen molar-refractivity contribution in [1.29, 1.82) is 0 Å². The molecule has 1 aromatic carbocycles. The first-order chi connectivity index (χ1) is 8.11. The summed E-state index contributed by atoms with van der Waals surface area (Å²) in [5.74, 6) is 1.44. The van der Waals surface area contributed by atoms with E-state index < -0.39 is 0 Å². The highest BCUT2D eigenvalue weighted by Crippen LogP contribution is 2.16. The quantitative estimate of drug-likeness (QED) is 0.755. The Kier molecular flexibility index (Phi) is 5.98. The SMILES string of the molecule is CCCOc1ccc(CC(C)CC(N)=S)cc1. The van der Waals surface area contributed by atoms with E-state index in [9.17, 15) is 0 Å². The number of hydrogen-bond acceptors (Lipinski definition) is 2. The molecule has 0 fully saturated rings. The van der Waals surface area contributed by atoms with Gasteiger partial charge in [0.25, 0.3) is 0 Å². The molecule has 0 aliphatic carbocycles. The molecule has 0 amide bonds. The summed E-state index contributed by atoms with van der Waals surface area (Å²) in [5.41, 5.74) is 6.84. The summed E-state index contributed by atoms with van der Waals surface area (Å²) in [4.78, 5) is 0.598. The van der Waals surface area contributed by atoms with Gasteiger partial charge in [-0.15, -0.1) is 0 Å². The second kappa shape index (κ2) is 7.28. The van der Waals surface area contributed by atoms with Crippen molar-refractivity contribution in [3.05, 3.63) is 29.8 Å². The van der Waals surface area contributed by atoms with E-state index in [4.69, 9.17) is 22.7 Å². The van der Waals surface area contributed by atoms with Crippen LogP contribution in [0.3, 0.4) is 0 Å². The second-order valence-electron chi connectivity index (χ2n) is 4.47. The topological polar surface area (TPSA) is 35.2 Å². The Balaban J connectivity index is 2.47. The Hall–Kier alpha value is -1.09. The number of benzene rings is 1. The summed E-state index contributed by atoms with van der Waals surface area (Å²) in [7, 11) is 0. The molecule has 94 valence electrons. The van der Waals surface area contributed by atoms with E-state index in [0.29, 0.717) is 10.9 Å². The molecule has 0 aliphatic rings. The number of hydrogen-bond donors (Lipinski definition) is 1. The van der Waals surface area contributed by atoms with Crippen LogP contribution in [-0.4, -0.2) is 11.6 Å². The lowest BCUT2D eigenvalue weighted by Crippen LogP contribution is -2.13. The molecule has 1 rings (SSSR count). The minimum Gasteiger partial charge on any atom is -0.494 e. The van der Waals surface area contributed by atoms with Gasteiger partial charge in [0.1, 0.15) is 5.75 Å². The van der Waals surface area contributed by atoms with Gasteiger partial charge in [0.2, 0.25) is 0 Å². The van der Waals surface area contributed by atoms with E-state index in [2.05, 4.69) is 26.0 Å². The molecule has 0 spiro atoms. The summed E-state index contributed by atoms with van der Waals surface area (Å²) < 4.78 is 5.54. The minimum atomic E-state index is 0.495. The Bertz CT molecular complexity index is 348. The maximum atomic E-state index is 5.54. The van der Waals surface area contributed by atoms with Gasteiger partial charge in [0.05, 0.1) is 11.6 Å².